The van der Waals surface area contributed by atoms with Crippen LogP contribution in [0.15, 0.2) is 93.7 Å². The van der Waals surface area contributed by atoms with Crippen molar-refractivity contribution >= 4 is 29.5 Å². The molecule has 3 aromatic carbocycles. The van der Waals surface area contributed by atoms with Crippen molar-refractivity contribution < 1.29 is 28.5 Å². The lowest BCUT2D eigenvalue weighted by Gasteiger charge is -2.37. The van der Waals surface area contributed by atoms with Gasteiger partial charge in [-0.2, -0.15) is 5.01 Å². The fourth-order valence-electron chi connectivity index (χ4n) is 6.20. The van der Waals surface area contributed by atoms with E-state index in [1.54, 1.807) is 40.4 Å². The molecule has 0 fully saturated rings. The molecule has 10 heteroatoms. The first-order valence-electron chi connectivity index (χ1n) is 15.4. The highest BCUT2D eigenvalue weighted by molar-refractivity contribution is 6.41. The van der Waals surface area contributed by atoms with Gasteiger partial charge in [0.1, 0.15) is 0 Å². The first kappa shape index (κ1) is 30.8. The van der Waals surface area contributed by atoms with Gasteiger partial charge in [0.2, 0.25) is 11.8 Å². The highest BCUT2D eigenvalue weighted by Gasteiger charge is 2.46. The number of amidine groups is 1. The van der Waals surface area contributed by atoms with Gasteiger partial charge in [-0.1, -0.05) is 30.3 Å². The molecular formula is C36H38N4O6. The van der Waals surface area contributed by atoms with Crippen LogP contribution in [0, 0.1) is 0 Å². The number of hydrogen-bond donors (Lipinski definition) is 0. The summed E-state index contributed by atoms with van der Waals surface area (Å²) in [7, 11) is 6.50. The third kappa shape index (κ3) is 5.66. The van der Waals surface area contributed by atoms with Crippen LogP contribution in [0.3, 0.4) is 0 Å². The third-order valence-electron chi connectivity index (χ3n) is 8.31. The number of hydrogen-bond acceptors (Lipinski definition) is 10. The molecule has 6 rings (SSSR count). The fourth-order valence-corrected chi connectivity index (χ4v) is 6.20. The van der Waals surface area contributed by atoms with E-state index in [9.17, 15) is 4.79 Å². The smallest absolute Gasteiger partial charge is 0.376 e. The number of allylic oxidation sites excluding steroid dienone is 1. The van der Waals surface area contributed by atoms with E-state index in [4.69, 9.17) is 33.8 Å². The lowest BCUT2D eigenvalue weighted by atomic mass is 9.89. The van der Waals surface area contributed by atoms with Crippen LogP contribution in [0.2, 0.25) is 0 Å². The molecule has 10 nitrogen and oxygen atoms in total. The van der Waals surface area contributed by atoms with E-state index >= 15 is 0 Å². The maximum atomic E-state index is 13.6. The number of aliphatic imine (C=N–C) groups is 1. The minimum absolute atomic E-state index is 0.172. The van der Waals surface area contributed by atoms with E-state index < -0.39 is 12.0 Å². The van der Waals surface area contributed by atoms with Crippen LogP contribution < -0.4 is 24.0 Å². The number of ether oxygens (including phenoxy) is 5. The second-order valence-electron chi connectivity index (χ2n) is 11.0. The number of hydrazone groups is 1. The van der Waals surface area contributed by atoms with Crippen molar-refractivity contribution in [2.45, 2.75) is 38.6 Å². The Hall–Kier alpha value is -5.25. The fraction of sp³-hybridized carbons (Fsp3) is 0.306. The molecule has 1 aliphatic carbocycles. The molecular weight excluding hydrogens is 584 g/mol. The Kier molecular flexibility index (Phi) is 8.96. The van der Waals surface area contributed by atoms with Gasteiger partial charge in [0.25, 0.3) is 0 Å². The molecule has 1 atom stereocenters. The SMILES string of the molecule is CCOC(=O)C1=NN(c2ccccc2)C2=NC3=C(CCCC/C3=C\c3ccc(OC)c(OC)c3)C(c3ccc(OC)c(OC)c3)N12. The van der Waals surface area contributed by atoms with Crippen LogP contribution in [-0.2, 0) is 9.53 Å². The molecule has 0 saturated carbocycles. The molecule has 0 aromatic heterocycles. The second-order valence-corrected chi connectivity index (χ2v) is 11.0. The molecule has 238 valence electrons. The number of esters is 1. The minimum Gasteiger partial charge on any atom is -0.493 e. The quantitative estimate of drug-likeness (QED) is 0.242. The zero-order valence-electron chi connectivity index (χ0n) is 26.8. The van der Waals surface area contributed by atoms with Gasteiger partial charge >= 0.3 is 5.97 Å². The van der Waals surface area contributed by atoms with E-state index in [-0.39, 0.29) is 12.4 Å². The largest absolute Gasteiger partial charge is 0.493 e. The number of guanidine groups is 1. The number of fused-ring (bicyclic) bond motifs is 1. The highest BCUT2D eigenvalue weighted by atomic mass is 16.5. The Bertz CT molecular complexity index is 1750. The third-order valence-corrected chi connectivity index (χ3v) is 8.31. The van der Waals surface area contributed by atoms with Crippen molar-refractivity contribution in [2.24, 2.45) is 10.1 Å². The lowest BCUT2D eigenvalue weighted by Crippen LogP contribution is -2.46. The van der Waals surface area contributed by atoms with Crippen LogP contribution in [0.25, 0.3) is 6.08 Å². The van der Waals surface area contributed by atoms with Crippen molar-refractivity contribution in [3.05, 3.63) is 94.7 Å². The first-order chi connectivity index (χ1) is 22.5. The molecule has 2 heterocycles. The molecule has 0 N–H and O–H groups in total. The Morgan fingerprint density at radius 3 is 2.22 bits per heavy atom. The van der Waals surface area contributed by atoms with E-state index in [0.29, 0.717) is 29.0 Å². The van der Waals surface area contributed by atoms with Crippen molar-refractivity contribution in [2.75, 3.05) is 40.1 Å². The lowest BCUT2D eigenvalue weighted by molar-refractivity contribution is -0.135. The van der Waals surface area contributed by atoms with E-state index in [0.717, 1.165) is 59.3 Å². The molecule has 3 aliphatic rings. The van der Waals surface area contributed by atoms with Crippen molar-refractivity contribution in [3.8, 4) is 23.0 Å². The summed E-state index contributed by atoms with van der Waals surface area (Å²) in [5.74, 6) is 2.71. The number of nitrogens with zero attached hydrogens (tertiary/aromatic N) is 4. The van der Waals surface area contributed by atoms with Crippen LogP contribution >= 0.6 is 0 Å². The Labute approximate surface area is 269 Å². The van der Waals surface area contributed by atoms with Crippen LogP contribution in [0.4, 0.5) is 5.69 Å². The molecule has 3 aromatic rings. The molecule has 0 saturated heterocycles. The summed E-state index contributed by atoms with van der Waals surface area (Å²) in [5.41, 5.74) is 5.74. The Morgan fingerprint density at radius 1 is 0.848 bits per heavy atom. The molecule has 0 amide bonds. The average molecular weight is 623 g/mol. The average Bonchev–Trinajstić information content (AvgIpc) is 3.37. The van der Waals surface area contributed by atoms with Gasteiger partial charge in [-0.05, 0) is 97.4 Å². The summed E-state index contributed by atoms with van der Waals surface area (Å²) in [5, 5.41) is 6.57. The van der Waals surface area contributed by atoms with Gasteiger partial charge in [0.15, 0.2) is 23.0 Å². The van der Waals surface area contributed by atoms with E-state index in [2.05, 4.69) is 6.08 Å². The molecule has 1 unspecified atom stereocenters. The minimum atomic E-state index is -0.516. The first-order valence-corrected chi connectivity index (χ1v) is 15.4. The Morgan fingerprint density at radius 2 is 1.52 bits per heavy atom. The van der Waals surface area contributed by atoms with Gasteiger partial charge in [-0.25, -0.2) is 9.79 Å². The van der Waals surface area contributed by atoms with Crippen molar-refractivity contribution in [1.29, 1.82) is 0 Å². The summed E-state index contributed by atoms with van der Waals surface area (Å²) in [6.07, 6.45) is 5.73. The van der Waals surface area contributed by atoms with Crippen molar-refractivity contribution in [1.82, 2.24) is 4.90 Å². The number of rotatable bonds is 9. The van der Waals surface area contributed by atoms with Gasteiger partial charge < -0.3 is 23.7 Å². The van der Waals surface area contributed by atoms with Gasteiger partial charge in [0.05, 0.1) is 52.5 Å². The van der Waals surface area contributed by atoms with Gasteiger partial charge in [0, 0.05) is 0 Å². The summed E-state index contributed by atoms with van der Waals surface area (Å²) >= 11 is 0. The molecule has 0 radical (unpaired) electrons. The zero-order chi connectivity index (χ0) is 32.2. The second kappa shape index (κ2) is 13.4. The molecule has 46 heavy (non-hydrogen) atoms. The summed E-state index contributed by atoms with van der Waals surface area (Å²) < 4.78 is 27.9. The monoisotopic (exact) mass is 622 g/mol. The van der Waals surface area contributed by atoms with E-state index in [1.165, 1.54) is 0 Å². The number of para-hydroxylation sites is 1. The zero-order valence-corrected chi connectivity index (χ0v) is 26.8. The predicted molar refractivity (Wildman–Crippen MR) is 178 cm³/mol. The van der Waals surface area contributed by atoms with E-state index in [1.807, 2.05) is 71.6 Å². The predicted octanol–water partition coefficient (Wildman–Crippen LogP) is 6.74. The number of carbonyl (C=O) groups is 1. The topological polar surface area (TPSA) is 94.4 Å². The number of anilines is 1. The number of carbonyl (C=O) groups excluding carboxylic acids is 1. The number of benzene rings is 3. The molecule has 0 bridgehead atoms. The standard InChI is InChI=1S/C36H38N4O6/c1-6-46-35(41)34-38-40(26-13-8-7-9-14-26)36-37-32-24(20-23-16-18-28(42-2)30(21-23)44-4)12-10-11-15-27(32)33(39(34)36)25-17-19-29(43-3)31(22-25)45-5/h7-9,13-14,16-22,33H,6,10-12,15H2,1-5H3/b24-20+. The Balaban J connectivity index is 1.59. The summed E-state index contributed by atoms with van der Waals surface area (Å²) in [4.78, 5) is 20.8. The van der Waals surface area contributed by atoms with Crippen molar-refractivity contribution in [3.63, 3.8) is 0 Å². The van der Waals surface area contributed by atoms with Crippen LogP contribution in [0.5, 0.6) is 23.0 Å². The van der Waals surface area contributed by atoms with Crippen LogP contribution in [0.1, 0.15) is 49.8 Å². The maximum Gasteiger partial charge on any atom is 0.376 e. The molecule has 2 aliphatic heterocycles. The van der Waals surface area contributed by atoms with Gasteiger partial charge in [-0.15, -0.1) is 5.10 Å². The maximum absolute atomic E-state index is 13.6. The van der Waals surface area contributed by atoms with Gasteiger partial charge in [-0.3, -0.25) is 4.90 Å². The normalized spacial score (nSPS) is 18.3. The number of methoxy groups -OCH3 is 4. The molecule has 0 spiro atoms. The summed E-state index contributed by atoms with van der Waals surface area (Å²) in [6.45, 7) is 2.01. The van der Waals surface area contributed by atoms with Crippen LogP contribution in [-0.4, -0.2) is 57.7 Å². The summed E-state index contributed by atoms with van der Waals surface area (Å²) in [6, 6.07) is 21.1. The highest BCUT2D eigenvalue weighted by Crippen LogP contribution is 2.47.